The minimum absolute atomic E-state index is 0.283. The van der Waals surface area contributed by atoms with E-state index in [1.54, 1.807) is 61.7 Å². The van der Waals surface area contributed by atoms with Crippen molar-refractivity contribution >= 4 is 62.7 Å². The van der Waals surface area contributed by atoms with Crippen molar-refractivity contribution in [1.29, 1.82) is 0 Å². The standard InChI is InChI=1S/C22H17BrClN3O3S/c1-29-19-8-5-14(6-9-19)21(28)30-20-10-7-16(23)11-15(20)13-25-27-22(31)26-18-4-2-3-17(24)12-18/h2-13H,1H3,(H2,26,27,31)/b25-13+. The highest BCUT2D eigenvalue weighted by Crippen LogP contribution is 2.23. The van der Waals surface area contributed by atoms with Crippen LogP contribution < -0.4 is 20.2 Å². The molecular formula is C22H17BrClN3O3S. The van der Waals surface area contributed by atoms with Crippen LogP contribution in [0.25, 0.3) is 0 Å². The van der Waals surface area contributed by atoms with Gasteiger partial charge in [-0.05, 0) is 72.9 Å². The van der Waals surface area contributed by atoms with E-state index in [4.69, 9.17) is 33.3 Å². The number of benzene rings is 3. The highest BCUT2D eigenvalue weighted by atomic mass is 79.9. The summed E-state index contributed by atoms with van der Waals surface area (Å²) in [7, 11) is 1.56. The first-order valence-electron chi connectivity index (χ1n) is 8.96. The number of nitrogens with one attached hydrogen (secondary N) is 2. The van der Waals surface area contributed by atoms with E-state index >= 15 is 0 Å². The molecule has 0 saturated heterocycles. The van der Waals surface area contributed by atoms with E-state index in [2.05, 4.69) is 31.8 Å². The molecule has 0 amide bonds. The first kappa shape index (κ1) is 22.7. The molecule has 0 spiro atoms. The van der Waals surface area contributed by atoms with Crippen LogP contribution in [0.3, 0.4) is 0 Å². The van der Waals surface area contributed by atoms with E-state index in [0.717, 1.165) is 10.2 Å². The SMILES string of the molecule is COc1ccc(C(=O)Oc2ccc(Br)cc2/C=N/NC(=S)Nc2cccc(Cl)c2)cc1. The normalized spacial score (nSPS) is 10.5. The number of hydrogen-bond donors (Lipinski definition) is 2. The van der Waals surface area contributed by atoms with E-state index in [9.17, 15) is 4.79 Å². The summed E-state index contributed by atoms with van der Waals surface area (Å²) in [6, 6.07) is 19.0. The Labute approximate surface area is 198 Å². The molecule has 3 aromatic rings. The van der Waals surface area contributed by atoms with Gasteiger partial charge in [0.05, 0.1) is 18.9 Å². The smallest absolute Gasteiger partial charge is 0.343 e. The third-order valence-electron chi connectivity index (χ3n) is 3.95. The molecule has 3 rings (SSSR count). The molecule has 0 aliphatic carbocycles. The van der Waals surface area contributed by atoms with Gasteiger partial charge in [-0.15, -0.1) is 0 Å². The van der Waals surface area contributed by atoms with Crippen LogP contribution in [0, 0.1) is 0 Å². The van der Waals surface area contributed by atoms with Crippen molar-refractivity contribution in [2.24, 2.45) is 5.10 Å². The zero-order valence-corrected chi connectivity index (χ0v) is 19.4. The van der Waals surface area contributed by atoms with E-state index < -0.39 is 5.97 Å². The van der Waals surface area contributed by atoms with Gasteiger partial charge < -0.3 is 14.8 Å². The predicted octanol–water partition coefficient (Wildman–Crippen LogP) is 5.65. The van der Waals surface area contributed by atoms with Crippen molar-refractivity contribution in [2.75, 3.05) is 12.4 Å². The topological polar surface area (TPSA) is 72.0 Å². The Bertz CT molecular complexity index is 1120. The quantitative estimate of drug-likeness (QED) is 0.144. The highest BCUT2D eigenvalue weighted by Gasteiger charge is 2.12. The van der Waals surface area contributed by atoms with Crippen LogP contribution in [-0.2, 0) is 0 Å². The lowest BCUT2D eigenvalue weighted by Gasteiger charge is -2.09. The number of nitrogens with zero attached hydrogens (tertiary/aromatic N) is 1. The van der Waals surface area contributed by atoms with Crippen molar-refractivity contribution in [1.82, 2.24) is 5.43 Å². The fourth-order valence-corrected chi connectivity index (χ4v) is 3.22. The second-order valence-corrected chi connectivity index (χ2v) is 7.90. The fourth-order valence-electron chi connectivity index (χ4n) is 2.48. The number of halogens is 2. The average molecular weight is 519 g/mol. The molecule has 0 radical (unpaired) electrons. The predicted molar refractivity (Wildman–Crippen MR) is 130 cm³/mol. The van der Waals surface area contributed by atoms with Gasteiger partial charge in [0.25, 0.3) is 0 Å². The molecule has 0 atom stereocenters. The van der Waals surface area contributed by atoms with Crippen molar-refractivity contribution in [3.63, 3.8) is 0 Å². The summed E-state index contributed by atoms with van der Waals surface area (Å²) in [5.74, 6) is 0.510. The van der Waals surface area contributed by atoms with E-state index in [1.807, 2.05) is 12.1 Å². The van der Waals surface area contributed by atoms with Crippen molar-refractivity contribution < 1.29 is 14.3 Å². The van der Waals surface area contributed by atoms with Crippen molar-refractivity contribution in [3.8, 4) is 11.5 Å². The number of esters is 1. The van der Waals surface area contributed by atoms with Crippen LogP contribution in [0.2, 0.25) is 5.02 Å². The van der Waals surface area contributed by atoms with Gasteiger partial charge in [-0.1, -0.05) is 33.6 Å². The zero-order valence-electron chi connectivity index (χ0n) is 16.3. The summed E-state index contributed by atoms with van der Waals surface area (Å²) < 4.78 is 11.4. The molecular weight excluding hydrogens is 502 g/mol. The van der Waals surface area contributed by atoms with Gasteiger partial charge in [-0.25, -0.2) is 4.79 Å². The molecule has 0 aliphatic rings. The number of ether oxygens (including phenoxy) is 2. The molecule has 2 N–H and O–H groups in total. The number of hydrazone groups is 1. The lowest BCUT2D eigenvalue weighted by molar-refractivity contribution is 0.0734. The van der Waals surface area contributed by atoms with Gasteiger partial charge in [0.2, 0.25) is 0 Å². The number of thiocarbonyl (C=S) groups is 1. The first-order chi connectivity index (χ1) is 14.9. The third kappa shape index (κ3) is 6.78. The second kappa shape index (κ2) is 10.9. The first-order valence-corrected chi connectivity index (χ1v) is 10.5. The van der Waals surface area contributed by atoms with E-state index in [-0.39, 0.29) is 5.11 Å². The Morgan fingerprint density at radius 2 is 1.90 bits per heavy atom. The lowest BCUT2D eigenvalue weighted by atomic mass is 10.2. The summed E-state index contributed by atoms with van der Waals surface area (Å²) in [4.78, 5) is 12.5. The summed E-state index contributed by atoms with van der Waals surface area (Å²) >= 11 is 14.6. The molecule has 0 saturated carbocycles. The Morgan fingerprint density at radius 3 is 2.61 bits per heavy atom. The average Bonchev–Trinajstić information content (AvgIpc) is 2.75. The molecule has 0 aliphatic heterocycles. The monoisotopic (exact) mass is 517 g/mol. The van der Waals surface area contributed by atoms with Crippen LogP contribution in [0.5, 0.6) is 11.5 Å². The number of carbonyl (C=O) groups is 1. The Balaban J connectivity index is 1.67. The maximum atomic E-state index is 12.5. The minimum Gasteiger partial charge on any atom is -0.497 e. The van der Waals surface area contributed by atoms with Crippen molar-refractivity contribution in [2.45, 2.75) is 0 Å². The lowest BCUT2D eigenvalue weighted by Crippen LogP contribution is -2.23. The largest absolute Gasteiger partial charge is 0.497 e. The van der Waals surface area contributed by atoms with Gasteiger partial charge in [0.15, 0.2) is 5.11 Å². The molecule has 0 aromatic heterocycles. The molecule has 0 fully saturated rings. The van der Waals surface area contributed by atoms with Gasteiger partial charge in [0.1, 0.15) is 11.5 Å². The number of carbonyl (C=O) groups excluding carboxylic acids is 1. The van der Waals surface area contributed by atoms with Crippen LogP contribution >= 0.6 is 39.7 Å². The highest BCUT2D eigenvalue weighted by molar-refractivity contribution is 9.10. The van der Waals surface area contributed by atoms with E-state index in [1.165, 1.54) is 6.21 Å². The molecule has 3 aromatic carbocycles. The summed E-state index contributed by atoms with van der Waals surface area (Å²) in [5.41, 5.74) is 4.43. The van der Waals surface area contributed by atoms with Crippen LogP contribution in [-0.4, -0.2) is 24.4 Å². The zero-order chi connectivity index (χ0) is 22.2. The molecule has 0 bridgehead atoms. The Kier molecular flexibility index (Phi) is 8.00. The van der Waals surface area contributed by atoms with Crippen LogP contribution in [0.1, 0.15) is 15.9 Å². The second-order valence-electron chi connectivity index (χ2n) is 6.13. The number of hydrogen-bond acceptors (Lipinski definition) is 5. The molecule has 9 heteroatoms. The number of methoxy groups -OCH3 is 1. The van der Waals surface area contributed by atoms with Crippen molar-refractivity contribution in [3.05, 3.63) is 87.4 Å². The Morgan fingerprint density at radius 1 is 1.13 bits per heavy atom. The third-order valence-corrected chi connectivity index (χ3v) is 4.87. The molecule has 6 nitrogen and oxygen atoms in total. The number of rotatable bonds is 6. The summed E-state index contributed by atoms with van der Waals surface area (Å²) in [6.07, 6.45) is 1.51. The fraction of sp³-hybridized carbons (Fsp3) is 0.0455. The maximum absolute atomic E-state index is 12.5. The van der Waals surface area contributed by atoms with Gasteiger partial charge in [-0.3, -0.25) is 5.43 Å². The van der Waals surface area contributed by atoms with Gasteiger partial charge in [-0.2, -0.15) is 5.10 Å². The van der Waals surface area contributed by atoms with E-state index in [0.29, 0.717) is 27.6 Å². The number of anilines is 1. The molecule has 31 heavy (non-hydrogen) atoms. The van der Waals surface area contributed by atoms with Gasteiger partial charge in [0, 0.05) is 20.7 Å². The summed E-state index contributed by atoms with van der Waals surface area (Å²) in [6.45, 7) is 0. The molecule has 0 unspecified atom stereocenters. The minimum atomic E-state index is -0.495. The van der Waals surface area contributed by atoms with Gasteiger partial charge >= 0.3 is 5.97 Å². The maximum Gasteiger partial charge on any atom is 0.343 e. The molecule has 0 heterocycles. The van der Waals surface area contributed by atoms with Crippen LogP contribution in [0.4, 0.5) is 5.69 Å². The summed E-state index contributed by atoms with van der Waals surface area (Å²) in [5, 5.41) is 7.97. The molecule has 158 valence electrons. The van der Waals surface area contributed by atoms with Crippen LogP contribution in [0.15, 0.2) is 76.3 Å². The Hall–Kier alpha value is -2.94.